The minimum Gasteiger partial charge on any atom is -0.267 e. The molecule has 2 aromatic rings. The number of carbonyl (C=O) groups excluding carboxylic acids is 1. The van der Waals surface area contributed by atoms with Gasteiger partial charge in [0.05, 0.1) is 11.8 Å². The van der Waals surface area contributed by atoms with Gasteiger partial charge in [-0.15, -0.1) is 0 Å². The zero-order valence-corrected chi connectivity index (χ0v) is 11.3. The number of carbonyl (C=O) groups is 1. The predicted octanol–water partition coefficient (Wildman–Crippen LogP) is 2.75. The van der Waals surface area contributed by atoms with E-state index in [2.05, 4.69) is 31.4 Å². The molecule has 1 aromatic heterocycles. The second kappa shape index (κ2) is 6.19. The van der Waals surface area contributed by atoms with E-state index in [-0.39, 0.29) is 11.7 Å². The van der Waals surface area contributed by atoms with Crippen LogP contribution in [0.2, 0.25) is 0 Å². The molecular weight excluding hydrogens is 313 g/mol. The number of aromatic nitrogens is 1. The predicted molar refractivity (Wildman–Crippen MR) is 73.4 cm³/mol. The molecule has 2 rings (SSSR count). The van der Waals surface area contributed by atoms with Gasteiger partial charge in [-0.3, -0.25) is 9.78 Å². The summed E-state index contributed by atoms with van der Waals surface area (Å²) >= 11 is 3.23. The van der Waals surface area contributed by atoms with Crippen LogP contribution >= 0.6 is 15.9 Å². The Kier molecular flexibility index (Phi) is 4.35. The van der Waals surface area contributed by atoms with E-state index in [0.717, 1.165) is 0 Å². The lowest BCUT2D eigenvalue weighted by Gasteiger charge is -1.99. The number of halogens is 2. The smallest absolute Gasteiger partial charge is 0.267 e. The third kappa shape index (κ3) is 3.96. The molecule has 0 aliphatic rings. The zero-order chi connectivity index (χ0) is 13.7. The molecule has 0 bridgehead atoms. The summed E-state index contributed by atoms with van der Waals surface area (Å²) < 4.78 is 13.4. The first kappa shape index (κ1) is 13.4. The van der Waals surface area contributed by atoms with Crippen molar-refractivity contribution < 1.29 is 9.18 Å². The first-order valence-corrected chi connectivity index (χ1v) is 6.14. The second-order valence-corrected chi connectivity index (χ2v) is 4.56. The SMILES string of the molecule is O=C(NN=Cc1ccc(F)cc1)c1cncc(Br)c1. The highest BCUT2D eigenvalue weighted by molar-refractivity contribution is 9.10. The number of amides is 1. The first-order valence-electron chi connectivity index (χ1n) is 5.35. The third-order valence-electron chi connectivity index (χ3n) is 2.22. The molecule has 19 heavy (non-hydrogen) atoms. The fourth-order valence-electron chi connectivity index (χ4n) is 1.31. The van der Waals surface area contributed by atoms with E-state index in [9.17, 15) is 9.18 Å². The molecule has 0 spiro atoms. The highest BCUT2D eigenvalue weighted by Crippen LogP contribution is 2.09. The minimum absolute atomic E-state index is 0.318. The molecule has 0 saturated carbocycles. The Hall–Kier alpha value is -2.08. The summed E-state index contributed by atoms with van der Waals surface area (Å²) in [5, 5.41) is 3.79. The van der Waals surface area contributed by atoms with Gasteiger partial charge in [0.25, 0.3) is 5.91 Å². The second-order valence-electron chi connectivity index (χ2n) is 3.64. The average Bonchev–Trinajstić information content (AvgIpc) is 2.41. The molecule has 0 radical (unpaired) electrons. The summed E-state index contributed by atoms with van der Waals surface area (Å²) in [7, 11) is 0. The van der Waals surface area contributed by atoms with Crippen molar-refractivity contribution in [1.82, 2.24) is 10.4 Å². The molecule has 0 saturated heterocycles. The van der Waals surface area contributed by atoms with Gasteiger partial charge < -0.3 is 0 Å². The molecule has 6 heteroatoms. The van der Waals surface area contributed by atoms with Crippen molar-refractivity contribution in [2.75, 3.05) is 0 Å². The molecule has 4 nitrogen and oxygen atoms in total. The molecule has 1 amide bonds. The van der Waals surface area contributed by atoms with E-state index < -0.39 is 0 Å². The molecule has 1 N–H and O–H groups in total. The van der Waals surface area contributed by atoms with Gasteiger partial charge in [-0.05, 0) is 39.7 Å². The van der Waals surface area contributed by atoms with E-state index in [4.69, 9.17) is 0 Å². The van der Waals surface area contributed by atoms with E-state index >= 15 is 0 Å². The standard InChI is InChI=1S/C13H9BrFN3O/c14-11-5-10(7-16-8-11)13(19)18-17-6-9-1-3-12(15)4-2-9/h1-8H,(H,18,19). The van der Waals surface area contributed by atoms with E-state index in [1.807, 2.05) is 0 Å². The minimum atomic E-state index is -0.368. The maximum absolute atomic E-state index is 12.7. The van der Waals surface area contributed by atoms with Crippen molar-refractivity contribution in [3.63, 3.8) is 0 Å². The number of hydrazone groups is 1. The Balaban J connectivity index is 1.98. The molecule has 0 aliphatic heterocycles. The van der Waals surface area contributed by atoms with Crippen LogP contribution in [0.15, 0.2) is 52.3 Å². The molecule has 0 aliphatic carbocycles. The average molecular weight is 322 g/mol. The van der Waals surface area contributed by atoms with Crippen LogP contribution in [0.1, 0.15) is 15.9 Å². The Morgan fingerprint density at radius 2 is 2.05 bits per heavy atom. The number of nitrogens with zero attached hydrogens (tertiary/aromatic N) is 2. The maximum atomic E-state index is 12.7. The third-order valence-corrected chi connectivity index (χ3v) is 2.65. The number of nitrogens with one attached hydrogen (secondary N) is 1. The molecule has 1 heterocycles. The molecule has 96 valence electrons. The summed E-state index contributed by atoms with van der Waals surface area (Å²) in [6.45, 7) is 0. The fraction of sp³-hybridized carbons (Fsp3) is 0. The van der Waals surface area contributed by atoms with Crippen LogP contribution in [-0.2, 0) is 0 Å². The highest BCUT2D eigenvalue weighted by atomic mass is 79.9. The highest BCUT2D eigenvalue weighted by Gasteiger charge is 2.04. The lowest BCUT2D eigenvalue weighted by Crippen LogP contribution is -2.17. The number of rotatable bonds is 3. The van der Waals surface area contributed by atoms with Crippen molar-refractivity contribution in [1.29, 1.82) is 0 Å². The normalized spacial score (nSPS) is 10.6. The molecule has 0 atom stereocenters. The van der Waals surface area contributed by atoms with Crippen LogP contribution in [0.25, 0.3) is 0 Å². The van der Waals surface area contributed by atoms with Crippen molar-refractivity contribution in [3.8, 4) is 0 Å². The lowest BCUT2D eigenvalue weighted by molar-refractivity contribution is 0.0954. The van der Waals surface area contributed by atoms with Crippen LogP contribution in [0.4, 0.5) is 4.39 Å². The van der Waals surface area contributed by atoms with Gasteiger partial charge in [0.15, 0.2) is 0 Å². The topological polar surface area (TPSA) is 54.4 Å². The zero-order valence-electron chi connectivity index (χ0n) is 9.68. The largest absolute Gasteiger partial charge is 0.272 e. The number of hydrogen-bond acceptors (Lipinski definition) is 3. The van der Waals surface area contributed by atoms with E-state index in [1.54, 1.807) is 24.4 Å². The monoisotopic (exact) mass is 321 g/mol. The Bertz CT molecular complexity index is 614. The van der Waals surface area contributed by atoms with Crippen molar-refractivity contribution in [3.05, 3.63) is 64.1 Å². The van der Waals surface area contributed by atoms with Crippen LogP contribution < -0.4 is 5.43 Å². The van der Waals surface area contributed by atoms with Crippen LogP contribution in [0.3, 0.4) is 0 Å². The quantitative estimate of drug-likeness (QED) is 0.698. The van der Waals surface area contributed by atoms with Gasteiger partial charge in [0.2, 0.25) is 0 Å². The van der Waals surface area contributed by atoms with Crippen LogP contribution in [-0.4, -0.2) is 17.1 Å². The van der Waals surface area contributed by atoms with Crippen molar-refractivity contribution in [2.45, 2.75) is 0 Å². The van der Waals surface area contributed by atoms with Gasteiger partial charge >= 0.3 is 0 Å². The van der Waals surface area contributed by atoms with E-state index in [0.29, 0.717) is 15.6 Å². The van der Waals surface area contributed by atoms with Gasteiger partial charge in [0.1, 0.15) is 5.82 Å². The summed E-state index contributed by atoms with van der Waals surface area (Å²) in [4.78, 5) is 15.6. The molecule has 0 unspecified atom stereocenters. The molecular formula is C13H9BrFN3O. The van der Waals surface area contributed by atoms with E-state index in [1.165, 1.54) is 24.5 Å². The maximum Gasteiger partial charge on any atom is 0.272 e. The lowest BCUT2D eigenvalue weighted by atomic mass is 10.2. The number of pyridine rings is 1. The van der Waals surface area contributed by atoms with Gasteiger partial charge in [-0.25, -0.2) is 9.82 Å². The summed E-state index contributed by atoms with van der Waals surface area (Å²) in [5.41, 5.74) is 3.45. The first-order chi connectivity index (χ1) is 9.15. The molecule has 0 fully saturated rings. The van der Waals surface area contributed by atoms with Crippen LogP contribution in [0.5, 0.6) is 0 Å². The van der Waals surface area contributed by atoms with Crippen LogP contribution in [0, 0.1) is 5.82 Å². The Labute approximate surface area is 117 Å². The van der Waals surface area contributed by atoms with Gasteiger partial charge in [0, 0.05) is 16.9 Å². The fourth-order valence-corrected chi connectivity index (χ4v) is 1.68. The molecule has 1 aromatic carbocycles. The van der Waals surface area contributed by atoms with Gasteiger partial charge in [-0.2, -0.15) is 5.10 Å². The number of hydrogen-bond donors (Lipinski definition) is 1. The summed E-state index contributed by atoms with van der Waals surface area (Å²) in [6, 6.07) is 7.40. The Morgan fingerprint density at radius 3 is 2.74 bits per heavy atom. The van der Waals surface area contributed by atoms with Crippen molar-refractivity contribution >= 4 is 28.1 Å². The van der Waals surface area contributed by atoms with Gasteiger partial charge in [-0.1, -0.05) is 12.1 Å². The summed E-state index contributed by atoms with van der Waals surface area (Å²) in [6.07, 6.45) is 4.45. The van der Waals surface area contributed by atoms with Crippen molar-refractivity contribution in [2.24, 2.45) is 5.10 Å². The number of benzene rings is 1. The Morgan fingerprint density at radius 1 is 1.32 bits per heavy atom. The summed E-state index contributed by atoms with van der Waals surface area (Å²) in [5.74, 6) is -0.687.